The second-order valence-electron chi connectivity index (χ2n) is 2.28. The highest BCUT2D eigenvalue weighted by atomic mass is 32.2. The van der Waals surface area contributed by atoms with Gasteiger partial charge in [0.25, 0.3) is 0 Å². The van der Waals surface area contributed by atoms with Gasteiger partial charge in [-0.2, -0.15) is 11.8 Å². The van der Waals surface area contributed by atoms with E-state index in [0.29, 0.717) is 0 Å². The molecule has 1 N–H and O–H groups in total. The maximum atomic E-state index is 9.30. The molecule has 0 aromatic carbocycles. The Bertz CT molecular complexity index is 61.5. The zero-order valence-electron chi connectivity index (χ0n) is 5.77. The Morgan fingerprint density at radius 2 is 2.12 bits per heavy atom. The molecule has 0 aliphatic carbocycles. The van der Waals surface area contributed by atoms with Gasteiger partial charge < -0.3 is 5.11 Å². The van der Waals surface area contributed by atoms with Gasteiger partial charge in [-0.05, 0) is 19.6 Å². The molecule has 0 rings (SSSR count). The first-order valence-corrected chi connectivity index (χ1v) is 4.23. The van der Waals surface area contributed by atoms with Crippen LogP contribution in [0.1, 0.15) is 20.3 Å². The lowest BCUT2D eigenvalue weighted by molar-refractivity contribution is 0.0817. The van der Waals surface area contributed by atoms with Crippen LogP contribution in [0.25, 0.3) is 0 Å². The van der Waals surface area contributed by atoms with E-state index in [2.05, 4.69) is 0 Å². The third-order valence-corrected chi connectivity index (χ3v) is 2.13. The summed E-state index contributed by atoms with van der Waals surface area (Å²) in [4.78, 5) is 0. The predicted molar refractivity (Wildman–Crippen MR) is 39.3 cm³/mol. The highest BCUT2D eigenvalue weighted by molar-refractivity contribution is 7.98. The molecule has 1 atom stereocenters. The molecule has 0 spiro atoms. The fourth-order valence-corrected chi connectivity index (χ4v) is 1.24. The average Bonchev–Trinajstić information content (AvgIpc) is 1.67. The molecular weight excluding hydrogens is 120 g/mol. The molecule has 0 heterocycles. The quantitative estimate of drug-likeness (QED) is 0.631. The van der Waals surface area contributed by atoms with Crippen molar-refractivity contribution in [1.29, 1.82) is 0 Å². The molecule has 0 amide bonds. The third-order valence-electron chi connectivity index (χ3n) is 1.22. The summed E-state index contributed by atoms with van der Waals surface area (Å²) in [6.07, 6.45) is 2.85. The molecule has 0 radical (unpaired) electrons. The van der Waals surface area contributed by atoms with Crippen LogP contribution in [0.15, 0.2) is 0 Å². The number of rotatable bonds is 3. The average molecular weight is 134 g/mol. The number of aliphatic hydroxyl groups is 1. The van der Waals surface area contributed by atoms with E-state index in [-0.39, 0.29) is 0 Å². The molecular formula is C6H14OS. The second-order valence-corrected chi connectivity index (χ2v) is 3.15. The Kier molecular flexibility index (Phi) is 3.49. The van der Waals surface area contributed by atoms with E-state index in [4.69, 9.17) is 0 Å². The summed E-state index contributed by atoms with van der Waals surface area (Å²) in [7, 11) is 0. The van der Waals surface area contributed by atoms with Crippen LogP contribution in [0.5, 0.6) is 0 Å². The van der Waals surface area contributed by atoms with Gasteiger partial charge in [0.2, 0.25) is 0 Å². The lowest BCUT2D eigenvalue weighted by Crippen LogP contribution is -2.25. The molecule has 8 heavy (non-hydrogen) atoms. The highest BCUT2D eigenvalue weighted by Gasteiger charge is 2.15. The summed E-state index contributed by atoms with van der Waals surface area (Å²) in [5.74, 6) is 0.837. The SMILES string of the molecule is CCC(C)(O)CSC. The first kappa shape index (κ1) is 8.31. The summed E-state index contributed by atoms with van der Waals surface area (Å²) in [5.41, 5.74) is -0.445. The summed E-state index contributed by atoms with van der Waals surface area (Å²) in [6, 6.07) is 0. The van der Waals surface area contributed by atoms with Crippen molar-refractivity contribution in [2.24, 2.45) is 0 Å². The molecule has 1 unspecified atom stereocenters. The Morgan fingerprint density at radius 3 is 2.25 bits per heavy atom. The third kappa shape index (κ3) is 3.33. The minimum atomic E-state index is -0.445. The molecule has 0 aromatic rings. The molecule has 0 saturated carbocycles. The van der Waals surface area contributed by atoms with E-state index in [0.717, 1.165) is 12.2 Å². The van der Waals surface area contributed by atoms with E-state index >= 15 is 0 Å². The minimum Gasteiger partial charge on any atom is -0.389 e. The molecule has 0 aliphatic heterocycles. The van der Waals surface area contributed by atoms with Crippen molar-refractivity contribution < 1.29 is 5.11 Å². The molecule has 1 nitrogen and oxygen atoms in total. The number of hydrogen-bond acceptors (Lipinski definition) is 2. The van der Waals surface area contributed by atoms with E-state index < -0.39 is 5.60 Å². The first-order valence-electron chi connectivity index (χ1n) is 2.83. The van der Waals surface area contributed by atoms with E-state index in [9.17, 15) is 5.11 Å². The van der Waals surface area contributed by atoms with Crippen LogP contribution < -0.4 is 0 Å². The summed E-state index contributed by atoms with van der Waals surface area (Å²) < 4.78 is 0. The van der Waals surface area contributed by atoms with Gasteiger partial charge in [-0.1, -0.05) is 6.92 Å². The first-order chi connectivity index (χ1) is 3.62. The van der Waals surface area contributed by atoms with Crippen LogP contribution in [0.4, 0.5) is 0 Å². The van der Waals surface area contributed by atoms with Gasteiger partial charge in [0.05, 0.1) is 5.60 Å². The van der Waals surface area contributed by atoms with Crippen LogP contribution in [0.2, 0.25) is 0 Å². The highest BCUT2D eigenvalue weighted by Crippen LogP contribution is 2.13. The van der Waals surface area contributed by atoms with Crippen molar-refractivity contribution in [1.82, 2.24) is 0 Å². The maximum Gasteiger partial charge on any atom is 0.0707 e. The van der Waals surface area contributed by atoms with Gasteiger partial charge in [-0.15, -0.1) is 0 Å². The molecule has 50 valence electrons. The van der Waals surface area contributed by atoms with Crippen molar-refractivity contribution in [3.63, 3.8) is 0 Å². The predicted octanol–water partition coefficient (Wildman–Crippen LogP) is 1.51. The standard InChI is InChI=1S/C6H14OS/c1-4-6(2,7)5-8-3/h7H,4-5H2,1-3H3. The van der Waals surface area contributed by atoms with Crippen LogP contribution in [-0.4, -0.2) is 22.7 Å². The minimum absolute atomic E-state index is 0.445. The Labute approximate surface area is 55.5 Å². The zero-order valence-corrected chi connectivity index (χ0v) is 6.59. The van der Waals surface area contributed by atoms with Crippen molar-refractivity contribution in [2.75, 3.05) is 12.0 Å². The van der Waals surface area contributed by atoms with E-state index in [1.165, 1.54) is 0 Å². The van der Waals surface area contributed by atoms with E-state index in [1.807, 2.05) is 20.1 Å². The van der Waals surface area contributed by atoms with Gasteiger partial charge in [0, 0.05) is 5.75 Å². The zero-order chi connectivity index (χ0) is 6.62. The fraction of sp³-hybridized carbons (Fsp3) is 1.00. The Balaban J connectivity index is 3.37. The second kappa shape index (κ2) is 3.36. The largest absolute Gasteiger partial charge is 0.389 e. The molecule has 0 saturated heterocycles. The summed E-state index contributed by atoms with van der Waals surface area (Å²) in [5, 5.41) is 9.30. The van der Waals surface area contributed by atoms with Crippen molar-refractivity contribution in [3.05, 3.63) is 0 Å². The van der Waals surface area contributed by atoms with Gasteiger partial charge >= 0.3 is 0 Å². The van der Waals surface area contributed by atoms with Crippen LogP contribution in [0.3, 0.4) is 0 Å². The van der Waals surface area contributed by atoms with Crippen molar-refractivity contribution >= 4 is 11.8 Å². The summed E-state index contributed by atoms with van der Waals surface area (Å²) >= 11 is 1.68. The van der Waals surface area contributed by atoms with Gasteiger partial charge in [-0.25, -0.2) is 0 Å². The van der Waals surface area contributed by atoms with Gasteiger partial charge in [0.15, 0.2) is 0 Å². The fourth-order valence-electron chi connectivity index (χ4n) is 0.413. The van der Waals surface area contributed by atoms with Crippen molar-refractivity contribution in [3.8, 4) is 0 Å². The normalized spacial score (nSPS) is 18.0. The lowest BCUT2D eigenvalue weighted by atomic mass is 10.1. The van der Waals surface area contributed by atoms with Crippen LogP contribution >= 0.6 is 11.8 Å². The molecule has 0 aromatic heterocycles. The molecule has 0 fully saturated rings. The molecule has 0 bridgehead atoms. The number of thioether (sulfide) groups is 1. The monoisotopic (exact) mass is 134 g/mol. The smallest absolute Gasteiger partial charge is 0.0707 e. The topological polar surface area (TPSA) is 20.2 Å². The molecule has 2 heteroatoms. The summed E-state index contributed by atoms with van der Waals surface area (Å²) in [6.45, 7) is 3.86. The van der Waals surface area contributed by atoms with Crippen molar-refractivity contribution in [2.45, 2.75) is 25.9 Å². The van der Waals surface area contributed by atoms with Gasteiger partial charge in [0.1, 0.15) is 0 Å². The maximum absolute atomic E-state index is 9.30. The van der Waals surface area contributed by atoms with Crippen LogP contribution in [0, 0.1) is 0 Å². The molecule has 0 aliphatic rings. The van der Waals surface area contributed by atoms with Gasteiger partial charge in [-0.3, -0.25) is 0 Å². The number of hydrogen-bond donors (Lipinski definition) is 1. The van der Waals surface area contributed by atoms with Crippen LogP contribution in [-0.2, 0) is 0 Å². The Hall–Kier alpha value is 0.310. The van der Waals surface area contributed by atoms with E-state index in [1.54, 1.807) is 11.8 Å². The lowest BCUT2D eigenvalue weighted by Gasteiger charge is -2.18. The Morgan fingerprint density at radius 1 is 1.62 bits per heavy atom.